The van der Waals surface area contributed by atoms with Crippen LogP contribution >= 0.6 is 0 Å². The molecule has 1 spiro atoms. The molecular weight excluding hydrogens is 658 g/mol. The van der Waals surface area contributed by atoms with Crippen molar-refractivity contribution < 1.29 is 54.3 Å². The molecule has 0 aromatic heterocycles. The lowest BCUT2D eigenvalue weighted by molar-refractivity contribution is -0.360. The minimum absolute atomic E-state index is 0.0881. The van der Waals surface area contributed by atoms with Gasteiger partial charge in [-0.3, -0.25) is 5.32 Å². The van der Waals surface area contributed by atoms with Crippen LogP contribution in [-0.4, -0.2) is 123 Å². The van der Waals surface area contributed by atoms with Crippen molar-refractivity contribution in [3.63, 3.8) is 0 Å². The second-order valence-corrected chi connectivity index (χ2v) is 18.4. The van der Waals surface area contributed by atoms with Crippen LogP contribution in [0.25, 0.3) is 0 Å². The Balaban J connectivity index is 0.915. The van der Waals surface area contributed by atoms with Gasteiger partial charge in [0, 0.05) is 12.5 Å². The monoisotopic (exact) mass is 721 g/mol. The van der Waals surface area contributed by atoms with E-state index in [4.69, 9.17) is 23.7 Å². The van der Waals surface area contributed by atoms with E-state index in [0.29, 0.717) is 47.0 Å². The van der Waals surface area contributed by atoms with Crippen molar-refractivity contribution in [1.29, 1.82) is 0 Å². The van der Waals surface area contributed by atoms with Crippen LogP contribution in [0.3, 0.4) is 0 Å². The van der Waals surface area contributed by atoms with Gasteiger partial charge in [0.1, 0.15) is 48.5 Å². The van der Waals surface area contributed by atoms with Gasteiger partial charge in [0.2, 0.25) is 0 Å². The minimum atomic E-state index is -1.60. The summed E-state index contributed by atoms with van der Waals surface area (Å²) in [4.78, 5) is 0. The molecule has 0 aromatic carbocycles. The molecule has 21 atom stereocenters. The van der Waals surface area contributed by atoms with Crippen molar-refractivity contribution in [1.82, 2.24) is 5.32 Å². The molecule has 4 aliphatic carbocycles. The highest BCUT2D eigenvalue weighted by Gasteiger charge is 2.68. The highest BCUT2D eigenvalue weighted by molar-refractivity contribution is 5.26. The molecule has 0 radical (unpaired) electrons. The van der Waals surface area contributed by atoms with Crippen LogP contribution < -0.4 is 5.32 Å². The topological polar surface area (TPSA) is 180 Å². The van der Waals surface area contributed by atoms with Crippen LogP contribution in [-0.2, 0) is 23.7 Å². The highest BCUT2D eigenvalue weighted by Crippen LogP contribution is 2.70. The van der Waals surface area contributed by atoms with Gasteiger partial charge in [-0.2, -0.15) is 0 Å². The van der Waals surface area contributed by atoms with E-state index in [1.54, 1.807) is 0 Å². The fraction of sp³-hybridized carbons (Fsp3) is 0.949. The summed E-state index contributed by atoms with van der Waals surface area (Å²) in [6.07, 6.45) is -1.11. The van der Waals surface area contributed by atoms with Gasteiger partial charge >= 0.3 is 0 Å². The van der Waals surface area contributed by atoms with E-state index in [1.807, 2.05) is 0 Å². The van der Waals surface area contributed by atoms with E-state index in [1.165, 1.54) is 38.2 Å². The average Bonchev–Trinajstić information content (AvgIpc) is 3.56. The lowest BCUT2D eigenvalue weighted by Gasteiger charge is -2.59. The highest BCUT2D eigenvalue weighted by atomic mass is 16.7. The molecule has 4 aliphatic heterocycles. The summed E-state index contributed by atoms with van der Waals surface area (Å²) in [5, 5.41) is 67.0. The molecule has 7 fully saturated rings. The Morgan fingerprint density at radius 3 is 2.31 bits per heavy atom. The molecule has 12 heteroatoms. The zero-order valence-electron chi connectivity index (χ0n) is 31.0. The van der Waals surface area contributed by atoms with Gasteiger partial charge in [-0.05, 0) is 105 Å². The first kappa shape index (κ1) is 37.2. The second kappa shape index (κ2) is 13.5. The first-order valence-corrected chi connectivity index (χ1v) is 20.0. The van der Waals surface area contributed by atoms with Gasteiger partial charge in [-0.25, -0.2) is 0 Å². The Labute approximate surface area is 302 Å². The predicted molar refractivity (Wildman–Crippen MR) is 184 cm³/mol. The van der Waals surface area contributed by atoms with Gasteiger partial charge < -0.3 is 54.3 Å². The number of nitrogens with one attached hydrogen (secondary N) is 1. The number of rotatable bonds is 5. The van der Waals surface area contributed by atoms with Gasteiger partial charge in [0.25, 0.3) is 0 Å². The Bertz CT molecular complexity index is 1310. The fourth-order valence-corrected chi connectivity index (χ4v) is 12.7. The lowest BCUT2D eigenvalue weighted by Crippen LogP contribution is -2.64. The smallest absolute Gasteiger partial charge is 0.187 e. The molecule has 0 bridgehead atoms. The Morgan fingerprint density at radius 2 is 1.59 bits per heavy atom. The van der Waals surface area contributed by atoms with Crippen LogP contribution in [0.1, 0.15) is 92.4 Å². The van der Waals surface area contributed by atoms with Crippen LogP contribution in [0.4, 0.5) is 0 Å². The maximum atomic E-state index is 11.1. The van der Waals surface area contributed by atoms with E-state index in [0.717, 1.165) is 38.6 Å². The standard InChI is InChI=1S/C39H63NO11/c1-18-8-13-39(40-16-18)19(2)28-26(51-39)15-25-23-7-6-21-14-22(9-11-37(21,4)24(23)10-12-38(25,28)5)48-36-33(46)31(44)34(27(17-41)49-36)50-35-32(45)30(43)29(42)20(3)47-35/h6,18-20,22-36,40-46H,7-17H2,1-5H3/t18-,19-,20-,22+,23+,24-,25-,26-,27+,28-,29-,30+,31+,32+,33+,34+,35+,36+,37-,38-,39+/m1/s1. The lowest BCUT2D eigenvalue weighted by atomic mass is 9.47. The van der Waals surface area contributed by atoms with Crippen LogP contribution in [0.5, 0.6) is 0 Å². The maximum Gasteiger partial charge on any atom is 0.187 e. The Kier molecular flexibility index (Phi) is 9.83. The van der Waals surface area contributed by atoms with E-state index in [2.05, 4.69) is 39.1 Å². The number of hydrogen-bond donors (Lipinski definition) is 7. The average molecular weight is 722 g/mol. The van der Waals surface area contributed by atoms with Gasteiger partial charge in [0.15, 0.2) is 12.6 Å². The molecule has 4 saturated heterocycles. The molecule has 290 valence electrons. The van der Waals surface area contributed by atoms with E-state index >= 15 is 0 Å². The summed E-state index contributed by atoms with van der Waals surface area (Å²) in [5.41, 5.74) is 1.66. The van der Waals surface area contributed by atoms with Crippen LogP contribution in [0.15, 0.2) is 11.6 Å². The Morgan fingerprint density at radius 1 is 0.843 bits per heavy atom. The number of aliphatic hydroxyl groups excluding tert-OH is 6. The molecule has 8 aliphatic rings. The van der Waals surface area contributed by atoms with Gasteiger partial charge in [-0.1, -0.05) is 39.3 Å². The van der Waals surface area contributed by atoms with Crippen molar-refractivity contribution in [2.75, 3.05) is 13.2 Å². The largest absolute Gasteiger partial charge is 0.394 e. The summed E-state index contributed by atoms with van der Waals surface area (Å²) in [7, 11) is 0. The van der Waals surface area contributed by atoms with Gasteiger partial charge in [-0.15, -0.1) is 0 Å². The van der Waals surface area contributed by atoms with E-state index < -0.39 is 68.0 Å². The molecule has 51 heavy (non-hydrogen) atoms. The number of fused-ring (bicyclic) bond motifs is 7. The maximum absolute atomic E-state index is 11.1. The third kappa shape index (κ3) is 5.84. The van der Waals surface area contributed by atoms with Crippen LogP contribution in [0, 0.1) is 46.3 Å². The summed E-state index contributed by atoms with van der Waals surface area (Å²) in [6.45, 7) is 11.9. The fourth-order valence-electron chi connectivity index (χ4n) is 12.7. The summed E-state index contributed by atoms with van der Waals surface area (Å²) < 4.78 is 30.7. The zero-order valence-corrected chi connectivity index (χ0v) is 31.0. The number of aliphatic hydroxyl groups is 6. The number of piperidine rings is 1. The molecule has 0 unspecified atom stereocenters. The normalized spacial score (nSPS) is 58.4. The van der Waals surface area contributed by atoms with E-state index in [-0.39, 0.29) is 17.2 Å². The summed E-state index contributed by atoms with van der Waals surface area (Å²) >= 11 is 0. The number of hydrogen-bond acceptors (Lipinski definition) is 12. The predicted octanol–water partition coefficient (Wildman–Crippen LogP) is 1.96. The van der Waals surface area contributed by atoms with Crippen molar-refractivity contribution in [3.05, 3.63) is 11.6 Å². The molecule has 3 saturated carbocycles. The van der Waals surface area contributed by atoms with Gasteiger partial charge in [0.05, 0.1) is 24.9 Å². The first-order valence-electron chi connectivity index (χ1n) is 20.0. The summed E-state index contributed by atoms with van der Waals surface area (Å²) in [5.74, 6) is 3.74. The molecule has 0 aromatic rings. The van der Waals surface area contributed by atoms with Crippen molar-refractivity contribution in [2.24, 2.45) is 46.3 Å². The first-order chi connectivity index (χ1) is 24.2. The molecule has 4 heterocycles. The number of allylic oxidation sites excluding steroid dienone is 1. The molecule has 8 rings (SSSR count). The molecule has 7 N–H and O–H groups in total. The van der Waals surface area contributed by atoms with Crippen molar-refractivity contribution in [2.45, 2.75) is 172 Å². The molecular formula is C39H63NO11. The van der Waals surface area contributed by atoms with Crippen molar-refractivity contribution in [3.8, 4) is 0 Å². The number of ether oxygens (including phenoxy) is 5. The zero-order chi connectivity index (χ0) is 36.2. The van der Waals surface area contributed by atoms with E-state index in [9.17, 15) is 30.6 Å². The van der Waals surface area contributed by atoms with Crippen LogP contribution in [0.2, 0.25) is 0 Å². The SMILES string of the molecule is C[C@@H]1CC[C@]2(NC1)O[C@@H]1C[C@@H]3[C@H]4CC=C5C[C@@H](O[C@H]6O[C@@H](CO)[C@H](O[C@@H]7O[C@H](C)[C@@H](O)[C@H](O)[C@@H]7O)[C@@H](O)[C@@H]6O)CC[C@@]5(C)[C@@H]4CC[C@@]3(C)[C@@H]1[C@H]2C. The minimum Gasteiger partial charge on any atom is -0.394 e. The quantitative estimate of drug-likeness (QED) is 0.206. The second-order valence-electron chi connectivity index (χ2n) is 18.4. The molecule has 12 nitrogen and oxygen atoms in total. The third-order valence-electron chi connectivity index (χ3n) is 15.8. The molecule has 0 amide bonds. The summed E-state index contributed by atoms with van der Waals surface area (Å²) in [6, 6.07) is 0. The van der Waals surface area contributed by atoms with Crippen molar-refractivity contribution >= 4 is 0 Å². The Hall–Kier alpha value is -0.740. The third-order valence-corrected chi connectivity index (χ3v) is 15.8.